The van der Waals surface area contributed by atoms with Crippen LogP contribution >= 0.6 is 0 Å². The maximum Gasteiger partial charge on any atom is 0.253 e. The van der Waals surface area contributed by atoms with Gasteiger partial charge in [-0.3, -0.25) is 4.79 Å². The van der Waals surface area contributed by atoms with E-state index in [9.17, 15) is 4.79 Å². The first kappa shape index (κ1) is 14.4. The summed E-state index contributed by atoms with van der Waals surface area (Å²) < 4.78 is 5.43. The molecular formula is C16H23N3O2. The molecule has 0 unspecified atom stereocenters. The Morgan fingerprint density at radius 1 is 1.33 bits per heavy atom. The summed E-state index contributed by atoms with van der Waals surface area (Å²) in [6, 6.07) is 6.17. The molecule has 0 spiro atoms. The van der Waals surface area contributed by atoms with Crippen LogP contribution in [0.4, 0.5) is 11.4 Å². The number of ether oxygens (including phenoxy) is 1. The molecule has 0 aromatic heterocycles. The van der Waals surface area contributed by atoms with Crippen LogP contribution < -0.4 is 10.2 Å². The first-order chi connectivity index (χ1) is 10.1. The highest BCUT2D eigenvalue weighted by atomic mass is 16.5. The molecule has 0 saturated carbocycles. The number of hydrogen-bond acceptors (Lipinski definition) is 4. The summed E-state index contributed by atoms with van der Waals surface area (Å²) in [6.45, 7) is 3.67. The summed E-state index contributed by atoms with van der Waals surface area (Å²) >= 11 is 0. The minimum atomic E-state index is -0.285. The van der Waals surface area contributed by atoms with Crippen molar-refractivity contribution in [1.82, 2.24) is 4.90 Å². The zero-order chi connectivity index (χ0) is 14.8. The molecule has 1 atom stereocenters. The van der Waals surface area contributed by atoms with Crippen molar-refractivity contribution in [3.63, 3.8) is 0 Å². The minimum Gasteiger partial charge on any atom is -0.373 e. The van der Waals surface area contributed by atoms with Crippen molar-refractivity contribution in [2.24, 2.45) is 0 Å². The van der Waals surface area contributed by atoms with Crippen LogP contribution in [0.5, 0.6) is 0 Å². The number of carbonyl (C=O) groups is 1. The molecule has 1 saturated heterocycles. The highest BCUT2D eigenvalue weighted by Crippen LogP contribution is 2.27. The van der Waals surface area contributed by atoms with Crippen LogP contribution in [0, 0.1) is 0 Å². The molecule has 1 aromatic carbocycles. The molecule has 5 heteroatoms. The van der Waals surface area contributed by atoms with Crippen LogP contribution in [0.15, 0.2) is 18.2 Å². The Balaban J connectivity index is 1.77. The smallest absolute Gasteiger partial charge is 0.253 e. The Morgan fingerprint density at radius 2 is 2.19 bits per heavy atom. The number of amides is 1. The Bertz CT molecular complexity index is 526. The van der Waals surface area contributed by atoms with Crippen LogP contribution in [-0.4, -0.2) is 50.7 Å². The van der Waals surface area contributed by atoms with Crippen molar-refractivity contribution in [2.45, 2.75) is 25.5 Å². The van der Waals surface area contributed by atoms with E-state index in [-0.39, 0.29) is 12.0 Å². The van der Waals surface area contributed by atoms with E-state index in [4.69, 9.17) is 4.74 Å². The fourth-order valence-corrected chi connectivity index (χ4v) is 2.95. The molecule has 3 rings (SSSR count). The second-order valence-electron chi connectivity index (χ2n) is 5.99. The van der Waals surface area contributed by atoms with Gasteiger partial charge in [-0.05, 0) is 37.6 Å². The van der Waals surface area contributed by atoms with Crippen LogP contribution in [0.1, 0.15) is 18.4 Å². The van der Waals surface area contributed by atoms with Crippen LogP contribution in [-0.2, 0) is 16.1 Å². The van der Waals surface area contributed by atoms with E-state index in [0.29, 0.717) is 6.61 Å². The zero-order valence-corrected chi connectivity index (χ0v) is 12.8. The highest BCUT2D eigenvalue weighted by molar-refractivity contribution is 5.94. The first-order valence-electron chi connectivity index (χ1n) is 7.58. The van der Waals surface area contributed by atoms with Crippen LogP contribution in [0.2, 0.25) is 0 Å². The lowest BCUT2D eigenvalue weighted by molar-refractivity contribution is -0.124. The van der Waals surface area contributed by atoms with Crippen molar-refractivity contribution in [3.05, 3.63) is 23.8 Å². The summed E-state index contributed by atoms with van der Waals surface area (Å²) in [7, 11) is 4.24. The molecule has 21 heavy (non-hydrogen) atoms. The van der Waals surface area contributed by atoms with Gasteiger partial charge >= 0.3 is 0 Å². The predicted octanol–water partition coefficient (Wildman–Crippen LogP) is 1.69. The van der Waals surface area contributed by atoms with Gasteiger partial charge in [0.25, 0.3) is 5.91 Å². The molecule has 5 nitrogen and oxygen atoms in total. The van der Waals surface area contributed by atoms with Gasteiger partial charge in [-0.15, -0.1) is 0 Å². The van der Waals surface area contributed by atoms with E-state index in [1.54, 1.807) is 0 Å². The number of nitrogens with zero attached hydrogens (tertiary/aromatic N) is 2. The number of rotatable bonds is 2. The molecule has 1 fully saturated rings. The van der Waals surface area contributed by atoms with Crippen molar-refractivity contribution >= 4 is 17.3 Å². The van der Waals surface area contributed by atoms with Gasteiger partial charge in [0.15, 0.2) is 0 Å². The molecule has 2 heterocycles. The van der Waals surface area contributed by atoms with Crippen molar-refractivity contribution in [1.29, 1.82) is 0 Å². The summed E-state index contributed by atoms with van der Waals surface area (Å²) in [6.07, 6.45) is 1.51. The molecule has 2 aliphatic rings. The van der Waals surface area contributed by atoms with Gasteiger partial charge in [-0.25, -0.2) is 0 Å². The Kier molecular flexibility index (Phi) is 4.12. The third-order valence-corrected chi connectivity index (χ3v) is 4.24. The largest absolute Gasteiger partial charge is 0.373 e. The SMILES string of the molecule is CN1CCN(C)c2cc(NC(=O)[C@@H]3CCCO3)ccc2C1. The average Bonchev–Trinajstić information content (AvgIpc) is 2.96. The molecule has 0 aliphatic carbocycles. The van der Waals surface area contributed by atoms with Gasteiger partial charge in [-0.1, -0.05) is 6.07 Å². The number of fused-ring (bicyclic) bond motifs is 1. The van der Waals surface area contributed by atoms with Gasteiger partial charge in [0.05, 0.1) is 0 Å². The first-order valence-corrected chi connectivity index (χ1v) is 7.58. The third kappa shape index (κ3) is 3.19. The molecular weight excluding hydrogens is 266 g/mol. The van der Waals surface area contributed by atoms with Crippen molar-refractivity contribution in [3.8, 4) is 0 Å². The summed E-state index contributed by atoms with van der Waals surface area (Å²) in [5.74, 6) is -0.0270. The Hall–Kier alpha value is -1.59. The monoisotopic (exact) mass is 289 g/mol. The normalized spacial score (nSPS) is 22.8. The molecule has 0 radical (unpaired) electrons. The fourth-order valence-electron chi connectivity index (χ4n) is 2.95. The van der Waals surface area contributed by atoms with Gasteiger partial charge in [0.2, 0.25) is 0 Å². The second-order valence-corrected chi connectivity index (χ2v) is 5.99. The van der Waals surface area contributed by atoms with E-state index in [1.165, 1.54) is 11.3 Å². The van der Waals surface area contributed by atoms with E-state index in [0.717, 1.165) is 38.2 Å². The summed E-state index contributed by atoms with van der Waals surface area (Å²) in [4.78, 5) is 16.7. The Morgan fingerprint density at radius 3 is 2.95 bits per heavy atom. The number of carbonyl (C=O) groups excluding carboxylic acids is 1. The van der Waals surface area contributed by atoms with Crippen molar-refractivity contribution in [2.75, 3.05) is 44.0 Å². The molecule has 1 N–H and O–H groups in total. The van der Waals surface area contributed by atoms with E-state index >= 15 is 0 Å². The fraction of sp³-hybridized carbons (Fsp3) is 0.562. The summed E-state index contributed by atoms with van der Waals surface area (Å²) in [5.41, 5.74) is 3.35. The van der Waals surface area contributed by atoms with Gasteiger partial charge in [0, 0.05) is 44.7 Å². The highest BCUT2D eigenvalue weighted by Gasteiger charge is 2.24. The number of hydrogen-bond donors (Lipinski definition) is 1. The van der Waals surface area contributed by atoms with E-state index < -0.39 is 0 Å². The quantitative estimate of drug-likeness (QED) is 0.900. The predicted molar refractivity (Wildman–Crippen MR) is 83.6 cm³/mol. The maximum atomic E-state index is 12.1. The lowest BCUT2D eigenvalue weighted by Crippen LogP contribution is -2.27. The van der Waals surface area contributed by atoms with Crippen LogP contribution in [0.3, 0.4) is 0 Å². The number of anilines is 2. The van der Waals surface area contributed by atoms with Gasteiger partial charge in [0.1, 0.15) is 6.10 Å². The Labute approximate surface area is 125 Å². The van der Waals surface area contributed by atoms with Crippen molar-refractivity contribution < 1.29 is 9.53 Å². The molecule has 1 amide bonds. The van der Waals surface area contributed by atoms with Gasteiger partial charge < -0.3 is 19.9 Å². The van der Waals surface area contributed by atoms with E-state index in [1.807, 2.05) is 6.07 Å². The summed E-state index contributed by atoms with van der Waals surface area (Å²) in [5, 5.41) is 2.98. The molecule has 2 aliphatic heterocycles. The maximum absolute atomic E-state index is 12.1. The number of likely N-dealkylation sites (N-methyl/N-ethyl adjacent to an activating group) is 2. The lowest BCUT2D eigenvalue weighted by atomic mass is 10.1. The standard InChI is InChI=1S/C16H23N3O2/c1-18-7-8-19(2)14-10-13(6-5-12(14)11-18)17-16(20)15-4-3-9-21-15/h5-6,10,15H,3-4,7-9,11H2,1-2H3,(H,17,20)/t15-/m0/s1. The lowest BCUT2D eigenvalue weighted by Gasteiger charge is -2.20. The zero-order valence-electron chi connectivity index (χ0n) is 12.8. The van der Waals surface area contributed by atoms with E-state index in [2.05, 4.69) is 41.3 Å². The third-order valence-electron chi connectivity index (χ3n) is 4.24. The van der Waals surface area contributed by atoms with Crippen LogP contribution in [0.25, 0.3) is 0 Å². The number of nitrogens with one attached hydrogen (secondary N) is 1. The molecule has 1 aromatic rings. The topological polar surface area (TPSA) is 44.8 Å². The molecule has 0 bridgehead atoms. The average molecular weight is 289 g/mol. The minimum absolute atomic E-state index is 0.0270. The van der Waals surface area contributed by atoms with Gasteiger partial charge in [-0.2, -0.15) is 0 Å². The number of benzene rings is 1. The second kappa shape index (κ2) is 6.03. The molecule has 114 valence electrons.